The monoisotopic (exact) mass is 196 g/mol. The smallest absolute Gasteiger partial charge is 0.0946 e. The van der Waals surface area contributed by atoms with Crippen LogP contribution in [0.1, 0.15) is 38.4 Å². The van der Waals surface area contributed by atoms with E-state index in [0.717, 1.165) is 18.5 Å². The van der Waals surface area contributed by atoms with E-state index >= 15 is 0 Å². The number of nitrogens with zero attached hydrogens (tertiary/aromatic N) is 2. The largest absolute Gasteiger partial charge is 0.336 e. The van der Waals surface area contributed by atoms with Gasteiger partial charge >= 0.3 is 0 Å². The first-order valence-electron chi connectivity index (χ1n) is 5.16. The molecule has 4 heteroatoms. The van der Waals surface area contributed by atoms with Crippen molar-refractivity contribution in [2.45, 2.75) is 32.7 Å². The molecule has 1 heterocycles. The molecule has 0 aliphatic carbocycles. The summed E-state index contributed by atoms with van der Waals surface area (Å²) >= 11 is 0. The average molecular weight is 196 g/mol. The fourth-order valence-corrected chi connectivity index (χ4v) is 1.89. The Morgan fingerprint density at radius 2 is 2.14 bits per heavy atom. The van der Waals surface area contributed by atoms with Crippen molar-refractivity contribution in [1.29, 1.82) is 0 Å². The van der Waals surface area contributed by atoms with Crippen molar-refractivity contribution < 1.29 is 0 Å². The first-order chi connectivity index (χ1) is 6.74. The highest BCUT2D eigenvalue weighted by Crippen LogP contribution is 2.25. The molecule has 0 aliphatic rings. The van der Waals surface area contributed by atoms with E-state index in [-0.39, 0.29) is 6.04 Å². The van der Waals surface area contributed by atoms with E-state index in [1.165, 1.54) is 0 Å². The summed E-state index contributed by atoms with van der Waals surface area (Å²) in [5, 5.41) is 0. The molecule has 0 fully saturated rings. The summed E-state index contributed by atoms with van der Waals surface area (Å²) in [6.07, 6.45) is 5.93. The highest BCUT2D eigenvalue weighted by Gasteiger charge is 2.21. The Labute approximate surface area is 85.5 Å². The number of imidazole rings is 1. The third-order valence-electron chi connectivity index (χ3n) is 2.87. The number of hydrazine groups is 1. The second-order valence-electron chi connectivity index (χ2n) is 3.65. The number of nitrogens with one attached hydrogen (secondary N) is 1. The van der Waals surface area contributed by atoms with E-state index in [4.69, 9.17) is 5.84 Å². The standard InChI is InChI=1S/C10H20N4/c1-4-8(5-2)10(13-11)9-6-12-7-14(9)3/h6-8,10,13H,4-5,11H2,1-3H3. The molecule has 0 saturated heterocycles. The molecule has 0 radical (unpaired) electrons. The van der Waals surface area contributed by atoms with Crippen LogP contribution in [0.5, 0.6) is 0 Å². The van der Waals surface area contributed by atoms with Crippen molar-refractivity contribution >= 4 is 0 Å². The van der Waals surface area contributed by atoms with Gasteiger partial charge in [0.25, 0.3) is 0 Å². The Balaban J connectivity index is 2.86. The third-order valence-corrected chi connectivity index (χ3v) is 2.87. The summed E-state index contributed by atoms with van der Waals surface area (Å²) in [5.74, 6) is 6.16. The van der Waals surface area contributed by atoms with Gasteiger partial charge in [-0.25, -0.2) is 4.98 Å². The lowest BCUT2D eigenvalue weighted by molar-refractivity contribution is 0.333. The Bertz CT molecular complexity index is 265. The van der Waals surface area contributed by atoms with Crippen LogP contribution in [-0.4, -0.2) is 9.55 Å². The van der Waals surface area contributed by atoms with Gasteiger partial charge in [0.2, 0.25) is 0 Å². The Hall–Kier alpha value is -0.870. The summed E-state index contributed by atoms with van der Waals surface area (Å²) < 4.78 is 2.02. The van der Waals surface area contributed by atoms with Gasteiger partial charge in [-0.05, 0) is 5.92 Å². The van der Waals surface area contributed by atoms with Gasteiger partial charge in [0, 0.05) is 13.2 Å². The zero-order valence-electron chi connectivity index (χ0n) is 9.20. The van der Waals surface area contributed by atoms with Gasteiger partial charge in [0.05, 0.1) is 18.1 Å². The van der Waals surface area contributed by atoms with E-state index in [0.29, 0.717) is 5.92 Å². The lowest BCUT2D eigenvalue weighted by Crippen LogP contribution is -2.34. The van der Waals surface area contributed by atoms with E-state index in [1.54, 1.807) is 0 Å². The van der Waals surface area contributed by atoms with E-state index in [1.807, 2.05) is 24.1 Å². The zero-order chi connectivity index (χ0) is 10.6. The third kappa shape index (κ3) is 2.13. The minimum atomic E-state index is 0.206. The van der Waals surface area contributed by atoms with Gasteiger partial charge in [-0.3, -0.25) is 11.3 Å². The number of aryl methyl sites for hydroxylation is 1. The van der Waals surface area contributed by atoms with Crippen LogP contribution in [0.4, 0.5) is 0 Å². The normalized spacial score (nSPS) is 13.5. The minimum Gasteiger partial charge on any atom is -0.336 e. The van der Waals surface area contributed by atoms with Crippen LogP contribution in [0.25, 0.3) is 0 Å². The first kappa shape index (κ1) is 11.2. The lowest BCUT2D eigenvalue weighted by atomic mass is 9.92. The van der Waals surface area contributed by atoms with Crippen LogP contribution >= 0.6 is 0 Å². The summed E-state index contributed by atoms with van der Waals surface area (Å²) in [7, 11) is 2.00. The first-order valence-corrected chi connectivity index (χ1v) is 5.16. The van der Waals surface area contributed by atoms with Crippen LogP contribution in [0, 0.1) is 5.92 Å². The Morgan fingerprint density at radius 3 is 2.50 bits per heavy atom. The van der Waals surface area contributed by atoms with Crippen molar-refractivity contribution in [3.05, 3.63) is 18.2 Å². The Kier molecular flexibility index (Phi) is 4.10. The van der Waals surface area contributed by atoms with Crippen molar-refractivity contribution in [3.8, 4) is 0 Å². The van der Waals surface area contributed by atoms with Gasteiger partial charge in [-0.1, -0.05) is 26.7 Å². The molecule has 0 aromatic carbocycles. The average Bonchev–Trinajstić information content (AvgIpc) is 2.61. The molecular weight excluding hydrogens is 176 g/mol. The molecule has 14 heavy (non-hydrogen) atoms. The summed E-state index contributed by atoms with van der Waals surface area (Å²) in [6, 6.07) is 0.206. The molecule has 1 rings (SSSR count). The topological polar surface area (TPSA) is 55.9 Å². The maximum Gasteiger partial charge on any atom is 0.0946 e. The molecule has 0 saturated carbocycles. The van der Waals surface area contributed by atoms with E-state index < -0.39 is 0 Å². The second-order valence-corrected chi connectivity index (χ2v) is 3.65. The van der Waals surface area contributed by atoms with E-state index in [9.17, 15) is 0 Å². The fourth-order valence-electron chi connectivity index (χ4n) is 1.89. The van der Waals surface area contributed by atoms with Gasteiger partial charge in [0.15, 0.2) is 0 Å². The molecule has 1 aromatic rings. The summed E-state index contributed by atoms with van der Waals surface area (Å²) in [4.78, 5) is 4.11. The number of aromatic nitrogens is 2. The number of hydrogen-bond donors (Lipinski definition) is 2. The van der Waals surface area contributed by atoms with Gasteiger partial charge in [-0.15, -0.1) is 0 Å². The predicted molar refractivity (Wildman–Crippen MR) is 57.3 cm³/mol. The molecule has 1 unspecified atom stereocenters. The van der Waals surface area contributed by atoms with Gasteiger partial charge in [0.1, 0.15) is 0 Å². The maximum absolute atomic E-state index is 5.59. The maximum atomic E-state index is 5.59. The molecular formula is C10H20N4. The zero-order valence-corrected chi connectivity index (χ0v) is 9.20. The quantitative estimate of drug-likeness (QED) is 0.552. The number of nitrogens with two attached hydrogens (primary N) is 1. The molecule has 0 bridgehead atoms. The minimum absolute atomic E-state index is 0.206. The van der Waals surface area contributed by atoms with Crippen molar-refractivity contribution in [2.24, 2.45) is 18.8 Å². The van der Waals surface area contributed by atoms with E-state index in [2.05, 4.69) is 24.3 Å². The van der Waals surface area contributed by atoms with Crippen LogP contribution in [0.3, 0.4) is 0 Å². The predicted octanol–water partition coefficient (Wildman–Crippen LogP) is 1.36. The summed E-state index contributed by atoms with van der Waals surface area (Å²) in [5.41, 5.74) is 4.04. The highest BCUT2D eigenvalue weighted by molar-refractivity contribution is 5.06. The lowest BCUT2D eigenvalue weighted by Gasteiger charge is -2.24. The van der Waals surface area contributed by atoms with Crippen LogP contribution in [0.15, 0.2) is 12.5 Å². The highest BCUT2D eigenvalue weighted by atomic mass is 15.3. The molecule has 1 atom stereocenters. The fraction of sp³-hybridized carbons (Fsp3) is 0.700. The van der Waals surface area contributed by atoms with Crippen LogP contribution in [-0.2, 0) is 7.05 Å². The molecule has 3 N–H and O–H groups in total. The molecule has 0 spiro atoms. The Morgan fingerprint density at radius 1 is 1.50 bits per heavy atom. The SMILES string of the molecule is CCC(CC)C(NN)c1cncn1C. The molecule has 0 amide bonds. The molecule has 0 aliphatic heterocycles. The summed E-state index contributed by atoms with van der Waals surface area (Å²) in [6.45, 7) is 4.38. The van der Waals surface area contributed by atoms with Gasteiger partial charge < -0.3 is 4.57 Å². The number of rotatable bonds is 5. The molecule has 1 aromatic heterocycles. The molecule has 4 nitrogen and oxygen atoms in total. The number of hydrogen-bond acceptors (Lipinski definition) is 3. The van der Waals surface area contributed by atoms with Crippen LogP contribution < -0.4 is 11.3 Å². The van der Waals surface area contributed by atoms with Crippen molar-refractivity contribution in [2.75, 3.05) is 0 Å². The van der Waals surface area contributed by atoms with Crippen LogP contribution in [0.2, 0.25) is 0 Å². The second kappa shape index (κ2) is 5.12. The van der Waals surface area contributed by atoms with Crippen molar-refractivity contribution in [3.63, 3.8) is 0 Å². The van der Waals surface area contributed by atoms with Crippen molar-refractivity contribution in [1.82, 2.24) is 15.0 Å². The van der Waals surface area contributed by atoms with Gasteiger partial charge in [-0.2, -0.15) is 0 Å². The molecule has 80 valence electrons.